The number of aliphatic hydroxyl groups is 1. The van der Waals surface area contributed by atoms with Gasteiger partial charge in [-0.1, -0.05) is 51.9 Å². The van der Waals surface area contributed by atoms with Crippen LogP contribution >= 0.6 is 0 Å². The van der Waals surface area contributed by atoms with Gasteiger partial charge in [-0.2, -0.15) is 0 Å². The first-order valence-electron chi connectivity index (χ1n) is 16.7. The maximum Gasteiger partial charge on any atom is 0.0701 e. The van der Waals surface area contributed by atoms with E-state index in [0.29, 0.717) is 125 Å². The monoisotopic (exact) mass is 658 g/mol. The lowest BCUT2D eigenvalue weighted by atomic mass is 10.0. The van der Waals surface area contributed by atoms with Crippen LogP contribution in [-0.4, -0.2) is 145 Å². The molecule has 11 nitrogen and oxygen atoms in total. The Morgan fingerprint density at radius 1 is 0.455 bits per heavy atom. The van der Waals surface area contributed by atoms with E-state index in [1.165, 1.54) is 38.5 Å². The van der Waals surface area contributed by atoms with Crippen LogP contribution in [0.1, 0.15) is 72.1 Å². The van der Waals surface area contributed by atoms with Crippen molar-refractivity contribution in [2.45, 2.75) is 76.9 Å². The summed E-state index contributed by atoms with van der Waals surface area (Å²) in [4.78, 5) is 0. The van der Waals surface area contributed by atoms with Crippen LogP contribution < -0.4 is 0 Å². The number of ether oxygens (including phenoxy) is 9. The van der Waals surface area contributed by atoms with Gasteiger partial charge in [0.2, 0.25) is 0 Å². The summed E-state index contributed by atoms with van der Waals surface area (Å²) in [5.74, 6) is 0.573. The normalized spacial score (nSPS) is 12.7. The molecule has 0 aliphatic carbocycles. The molecule has 0 saturated heterocycles. The summed E-state index contributed by atoms with van der Waals surface area (Å²) < 4.78 is 61.4. The maximum absolute atomic E-state index is 12.7. The summed E-state index contributed by atoms with van der Waals surface area (Å²) in [6, 6.07) is 0. The van der Waals surface area contributed by atoms with E-state index < -0.39 is 10.8 Å². The Bertz CT molecular complexity index is 584. The van der Waals surface area contributed by atoms with Crippen LogP contribution in [-0.2, 0) is 53.4 Å². The summed E-state index contributed by atoms with van der Waals surface area (Å²) in [5, 5.41) is 8.58. The van der Waals surface area contributed by atoms with Gasteiger partial charge in [0.15, 0.2) is 0 Å². The predicted molar refractivity (Wildman–Crippen MR) is 174 cm³/mol. The fourth-order valence-electron chi connectivity index (χ4n) is 3.96. The third-order valence-electron chi connectivity index (χ3n) is 6.62. The molecule has 0 fully saturated rings. The summed E-state index contributed by atoms with van der Waals surface area (Å²) in [5.41, 5.74) is 0. The molecule has 0 saturated carbocycles. The number of hydrogen-bond donors (Lipinski definition) is 1. The molecule has 0 aromatic carbocycles. The molecule has 0 aromatic rings. The van der Waals surface area contributed by atoms with Crippen molar-refractivity contribution in [1.29, 1.82) is 0 Å². The van der Waals surface area contributed by atoms with Crippen molar-refractivity contribution in [2.24, 2.45) is 0 Å². The van der Waals surface area contributed by atoms with E-state index in [-0.39, 0.29) is 11.4 Å². The van der Waals surface area contributed by atoms with Crippen molar-refractivity contribution in [3.05, 3.63) is 0 Å². The Morgan fingerprint density at radius 3 is 1.09 bits per heavy atom. The fourth-order valence-corrected chi connectivity index (χ4v) is 5.15. The number of aliphatic hydroxyl groups excluding tert-OH is 1. The Balaban J connectivity index is 3.26. The first kappa shape index (κ1) is 43.8. The Hall–Kier alpha value is -0.250. The minimum absolute atomic E-state index is 0.0264. The SMILES string of the molecule is CCCCCCCCCC(C)(C)S(=O)CCOCCOCCOCCOCCOCCOCCOCCOCCOCCO. The van der Waals surface area contributed by atoms with Crippen LogP contribution in [0.4, 0.5) is 0 Å². The lowest BCUT2D eigenvalue weighted by Gasteiger charge is -2.24. The van der Waals surface area contributed by atoms with Gasteiger partial charge in [-0.05, 0) is 20.3 Å². The minimum Gasteiger partial charge on any atom is -0.394 e. The minimum atomic E-state index is -0.888. The maximum atomic E-state index is 12.7. The highest BCUT2D eigenvalue weighted by Gasteiger charge is 2.24. The van der Waals surface area contributed by atoms with Crippen molar-refractivity contribution < 1.29 is 51.9 Å². The average molecular weight is 659 g/mol. The zero-order valence-electron chi connectivity index (χ0n) is 28.2. The Labute approximate surface area is 270 Å². The number of rotatable bonds is 38. The molecular weight excluding hydrogens is 592 g/mol. The molecule has 1 unspecified atom stereocenters. The van der Waals surface area contributed by atoms with Crippen LogP contribution in [0.2, 0.25) is 0 Å². The van der Waals surface area contributed by atoms with E-state index >= 15 is 0 Å². The molecule has 0 heterocycles. The molecule has 0 amide bonds. The molecule has 0 spiro atoms. The van der Waals surface area contributed by atoms with E-state index in [1.807, 2.05) is 0 Å². The third kappa shape index (κ3) is 33.1. The zero-order chi connectivity index (χ0) is 32.2. The predicted octanol–water partition coefficient (Wildman–Crippen LogP) is 3.80. The van der Waals surface area contributed by atoms with Crippen molar-refractivity contribution in [3.8, 4) is 0 Å². The van der Waals surface area contributed by atoms with Crippen LogP contribution in [0, 0.1) is 0 Å². The van der Waals surface area contributed by atoms with E-state index in [0.717, 1.165) is 12.8 Å². The highest BCUT2D eigenvalue weighted by atomic mass is 32.2. The summed E-state index contributed by atoms with van der Waals surface area (Å²) in [7, 11) is -0.888. The van der Waals surface area contributed by atoms with Crippen molar-refractivity contribution in [3.63, 3.8) is 0 Å². The topological polar surface area (TPSA) is 120 Å². The van der Waals surface area contributed by atoms with Crippen LogP contribution in [0.15, 0.2) is 0 Å². The summed E-state index contributed by atoms with van der Waals surface area (Å²) in [6.07, 6.45) is 9.97. The summed E-state index contributed by atoms with van der Waals surface area (Å²) >= 11 is 0. The molecule has 0 rings (SSSR count). The second-order valence-corrected chi connectivity index (χ2v) is 13.1. The van der Waals surface area contributed by atoms with Gasteiger partial charge >= 0.3 is 0 Å². The van der Waals surface area contributed by atoms with Gasteiger partial charge in [0.25, 0.3) is 0 Å². The van der Waals surface area contributed by atoms with Crippen molar-refractivity contribution in [2.75, 3.05) is 131 Å². The fraction of sp³-hybridized carbons (Fsp3) is 1.00. The van der Waals surface area contributed by atoms with E-state index in [1.54, 1.807) is 0 Å². The van der Waals surface area contributed by atoms with Gasteiger partial charge in [0, 0.05) is 21.3 Å². The number of hydrogen-bond acceptors (Lipinski definition) is 11. The second kappa shape index (κ2) is 35.6. The molecule has 12 heteroatoms. The van der Waals surface area contributed by atoms with Crippen LogP contribution in [0.5, 0.6) is 0 Å². The molecule has 44 heavy (non-hydrogen) atoms. The van der Waals surface area contributed by atoms with Gasteiger partial charge in [0.05, 0.1) is 126 Å². The highest BCUT2D eigenvalue weighted by molar-refractivity contribution is 7.86. The quantitative estimate of drug-likeness (QED) is 0.0976. The zero-order valence-corrected chi connectivity index (χ0v) is 29.1. The molecular formula is C32H66O11S. The molecule has 1 atom stereocenters. The molecule has 0 bridgehead atoms. The van der Waals surface area contributed by atoms with E-state index in [2.05, 4.69) is 20.8 Å². The molecule has 0 radical (unpaired) electrons. The molecule has 0 aromatic heterocycles. The third-order valence-corrected chi connectivity index (χ3v) is 8.60. The molecule has 1 N–H and O–H groups in total. The summed E-state index contributed by atoms with van der Waals surface area (Å²) in [6.45, 7) is 15.4. The van der Waals surface area contributed by atoms with Gasteiger partial charge in [0.1, 0.15) is 0 Å². The molecule has 0 aliphatic heterocycles. The lowest BCUT2D eigenvalue weighted by Crippen LogP contribution is -2.30. The largest absolute Gasteiger partial charge is 0.394 e. The average Bonchev–Trinajstić information content (AvgIpc) is 3.01. The standard InChI is InChI=1S/C32H66O11S/c1-4-5-6-7-8-9-10-11-32(2,3)44(34)31-30-43-29-28-42-27-26-41-25-24-40-23-22-39-21-20-38-19-18-37-17-16-36-15-14-35-13-12-33/h33H,4-31H2,1-3H3. The van der Waals surface area contributed by atoms with Crippen LogP contribution in [0.3, 0.4) is 0 Å². The first-order valence-corrected chi connectivity index (χ1v) is 18.1. The lowest BCUT2D eigenvalue weighted by molar-refractivity contribution is -0.0253. The van der Waals surface area contributed by atoms with Crippen LogP contribution in [0.25, 0.3) is 0 Å². The Kier molecular flexibility index (Phi) is 35.4. The van der Waals surface area contributed by atoms with Crippen molar-refractivity contribution in [1.82, 2.24) is 0 Å². The van der Waals surface area contributed by atoms with Gasteiger partial charge < -0.3 is 47.7 Å². The number of unbranched alkanes of at least 4 members (excludes halogenated alkanes) is 6. The molecule has 0 aliphatic rings. The van der Waals surface area contributed by atoms with Gasteiger partial charge in [-0.3, -0.25) is 4.21 Å². The Morgan fingerprint density at radius 2 is 0.750 bits per heavy atom. The smallest absolute Gasteiger partial charge is 0.0701 e. The molecule has 266 valence electrons. The van der Waals surface area contributed by atoms with E-state index in [9.17, 15) is 4.21 Å². The van der Waals surface area contributed by atoms with E-state index in [4.69, 9.17) is 47.7 Å². The first-order chi connectivity index (χ1) is 21.5. The highest BCUT2D eigenvalue weighted by Crippen LogP contribution is 2.22. The van der Waals surface area contributed by atoms with Gasteiger partial charge in [-0.25, -0.2) is 0 Å². The second-order valence-electron chi connectivity index (χ2n) is 10.9. The van der Waals surface area contributed by atoms with Gasteiger partial charge in [-0.15, -0.1) is 0 Å². The van der Waals surface area contributed by atoms with Crippen molar-refractivity contribution >= 4 is 10.8 Å².